The third-order valence-corrected chi connectivity index (χ3v) is 5.28. The van der Waals surface area contributed by atoms with Crippen LogP contribution in [0.3, 0.4) is 0 Å². The van der Waals surface area contributed by atoms with Gasteiger partial charge in [0.05, 0.1) is 0 Å². The van der Waals surface area contributed by atoms with Gasteiger partial charge in [-0.3, -0.25) is 0 Å². The molecule has 2 aromatic carbocycles. The highest BCUT2D eigenvalue weighted by atomic mass is 16.3. The van der Waals surface area contributed by atoms with Gasteiger partial charge < -0.3 is 10.2 Å². The van der Waals surface area contributed by atoms with Crippen LogP contribution < -0.4 is 0 Å². The van der Waals surface area contributed by atoms with Crippen LogP contribution in [0.1, 0.15) is 36.8 Å². The lowest BCUT2D eigenvalue weighted by Crippen LogP contribution is -1.99. The van der Waals surface area contributed by atoms with E-state index in [0.29, 0.717) is 0 Å². The smallest absolute Gasteiger partial charge is 0.115 e. The summed E-state index contributed by atoms with van der Waals surface area (Å²) in [4.78, 5) is 0. The van der Waals surface area contributed by atoms with E-state index in [2.05, 4.69) is 36.5 Å². The van der Waals surface area contributed by atoms with Gasteiger partial charge in [-0.25, -0.2) is 0 Å². The van der Waals surface area contributed by atoms with E-state index in [9.17, 15) is 10.2 Å². The van der Waals surface area contributed by atoms with Crippen LogP contribution in [0.25, 0.3) is 5.57 Å². The van der Waals surface area contributed by atoms with Gasteiger partial charge >= 0.3 is 0 Å². The van der Waals surface area contributed by atoms with Gasteiger partial charge in [-0.1, -0.05) is 66.3 Å². The Morgan fingerprint density at radius 3 is 1.96 bits per heavy atom. The molecule has 0 saturated heterocycles. The lowest BCUT2D eigenvalue weighted by molar-refractivity contribution is 0.475. The number of aromatic hydroxyl groups is 2. The molecule has 2 heteroatoms. The third kappa shape index (κ3) is 4.01. The summed E-state index contributed by atoms with van der Waals surface area (Å²) in [6, 6.07) is 14.8. The van der Waals surface area contributed by atoms with Gasteiger partial charge in [0.15, 0.2) is 0 Å². The standard InChI is InChI=1S/C26H24O2/c27-23-14-10-21(11-15-23)26(22-12-16-24(28)17-13-22)25(20-7-3-4-8-20)18-9-19-5-1-2-6-19/h1,3-7,10-17,27-28H,2,8-9,18H2. The van der Waals surface area contributed by atoms with Gasteiger partial charge in [-0.2, -0.15) is 0 Å². The molecule has 0 heterocycles. The highest BCUT2D eigenvalue weighted by Crippen LogP contribution is 2.37. The van der Waals surface area contributed by atoms with Crippen molar-refractivity contribution in [2.75, 3.05) is 0 Å². The zero-order valence-corrected chi connectivity index (χ0v) is 15.8. The van der Waals surface area contributed by atoms with Crippen molar-refractivity contribution in [1.82, 2.24) is 0 Å². The maximum atomic E-state index is 9.76. The van der Waals surface area contributed by atoms with Crippen molar-refractivity contribution in [2.45, 2.75) is 25.7 Å². The van der Waals surface area contributed by atoms with E-state index < -0.39 is 0 Å². The minimum atomic E-state index is 0.262. The number of allylic oxidation sites excluding steroid dienone is 9. The molecule has 140 valence electrons. The number of benzene rings is 2. The monoisotopic (exact) mass is 368 g/mol. The summed E-state index contributed by atoms with van der Waals surface area (Å²) in [6.45, 7) is 0. The van der Waals surface area contributed by atoms with Crippen molar-refractivity contribution in [3.05, 3.63) is 113 Å². The fraction of sp³-hybridized carbons (Fsp3) is 0.154. The number of phenols is 2. The van der Waals surface area contributed by atoms with Crippen LogP contribution in [-0.4, -0.2) is 10.2 Å². The largest absolute Gasteiger partial charge is 0.508 e. The first-order valence-electron chi connectivity index (χ1n) is 9.74. The average molecular weight is 368 g/mol. The molecule has 2 aromatic rings. The Balaban J connectivity index is 1.83. The number of hydrogen-bond donors (Lipinski definition) is 2. The first-order chi connectivity index (χ1) is 13.7. The predicted octanol–water partition coefficient (Wildman–Crippen LogP) is 6.45. The second kappa shape index (κ2) is 8.18. The van der Waals surface area contributed by atoms with Crippen LogP contribution in [0.5, 0.6) is 11.5 Å². The number of hydrogen-bond acceptors (Lipinski definition) is 2. The Labute approximate surface area is 166 Å². The molecular weight excluding hydrogens is 344 g/mol. The molecule has 0 aromatic heterocycles. The summed E-state index contributed by atoms with van der Waals surface area (Å²) in [7, 11) is 0. The molecule has 0 radical (unpaired) electrons. The molecule has 0 unspecified atom stereocenters. The van der Waals surface area contributed by atoms with Crippen LogP contribution in [0.15, 0.2) is 102 Å². The minimum Gasteiger partial charge on any atom is -0.508 e. The Bertz CT molecular complexity index is 950. The summed E-state index contributed by atoms with van der Waals surface area (Å²) >= 11 is 0. The fourth-order valence-corrected chi connectivity index (χ4v) is 3.85. The average Bonchev–Trinajstić information content (AvgIpc) is 3.41. The zero-order chi connectivity index (χ0) is 19.3. The molecule has 0 spiro atoms. The van der Waals surface area contributed by atoms with E-state index in [4.69, 9.17) is 0 Å². The summed E-state index contributed by atoms with van der Waals surface area (Å²) < 4.78 is 0. The van der Waals surface area contributed by atoms with Crippen molar-refractivity contribution in [3.8, 4) is 11.5 Å². The van der Waals surface area contributed by atoms with Crippen molar-refractivity contribution < 1.29 is 10.2 Å². The summed E-state index contributed by atoms with van der Waals surface area (Å²) in [5.74, 6) is 0.525. The van der Waals surface area contributed by atoms with Crippen molar-refractivity contribution in [3.63, 3.8) is 0 Å². The lowest BCUT2D eigenvalue weighted by atomic mass is 9.86. The summed E-state index contributed by atoms with van der Waals surface area (Å²) in [5, 5.41) is 19.5. The van der Waals surface area contributed by atoms with E-state index >= 15 is 0 Å². The summed E-state index contributed by atoms with van der Waals surface area (Å²) in [6.07, 6.45) is 17.1. The Morgan fingerprint density at radius 2 is 1.46 bits per heavy atom. The highest BCUT2D eigenvalue weighted by Gasteiger charge is 2.17. The van der Waals surface area contributed by atoms with E-state index in [1.807, 2.05) is 24.3 Å². The molecule has 0 saturated carbocycles. The quantitative estimate of drug-likeness (QED) is 0.615. The summed E-state index contributed by atoms with van der Waals surface area (Å²) in [5.41, 5.74) is 7.35. The molecule has 0 atom stereocenters. The molecule has 2 aliphatic carbocycles. The predicted molar refractivity (Wildman–Crippen MR) is 115 cm³/mol. The van der Waals surface area contributed by atoms with Crippen LogP contribution >= 0.6 is 0 Å². The molecule has 4 rings (SSSR count). The molecular formula is C26H24O2. The molecule has 2 N–H and O–H groups in total. The Morgan fingerprint density at radius 1 is 0.821 bits per heavy atom. The molecule has 0 bridgehead atoms. The fourth-order valence-electron chi connectivity index (χ4n) is 3.85. The second-order valence-electron chi connectivity index (χ2n) is 7.19. The molecule has 0 aliphatic heterocycles. The highest BCUT2D eigenvalue weighted by molar-refractivity contribution is 5.85. The van der Waals surface area contributed by atoms with Gasteiger partial charge in [0, 0.05) is 0 Å². The van der Waals surface area contributed by atoms with Crippen LogP contribution in [0.2, 0.25) is 0 Å². The van der Waals surface area contributed by atoms with Gasteiger partial charge in [0.1, 0.15) is 11.5 Å². The molecule has 2 aliphatic rings. The third-order valence-electron chi connectivity index (χ3n) is 5.28. The van der Waals surface area contributed by atoms with E-state index in [0.717, 1.165) is 42.4 Å². The molecule has 2 nitrogen and oxygen atoms in total. The molecule has 0 fully saturated rings. The van der Waals surface area contributed by atoms with Crippen LogP contribution in [0, 0.1) is 0 Å². The maximum Gasteiger partial charge on any atom is 0.115 e. The van der Waals surface area contributed by atoms with Crippen LogP contribution in [0.4, 0.5) is 0 Å². The maximum absolute atomic E-state index is 9.76. The van der Waals surface area contributed by atoms with Crippen LogP contribution in [-0.2, 0) is 0 Å². The number of phenolic OH excluding ortho intramolecular Hbond substituents is 2. The normalized spacial score (nSPS) is 14.9. The Kier molecular flexibility index (Phi) is 5.29. The van der Waals surface area contributed by atoms with Gasteiger partial charge in [-0.15, -0.1) is 0 Å². The Hall–Kier alpha value is -3.26. The first kappa shape index (κ1) is 18.1. The SMILES string of the molecule is Oc1ccc(C(=C(CCC2=CCC=C2)C2=CC=CC2)c2ccc(O)cc2)cc1. The van der Waals surface area contributed by atoms with E-state index in [1.165, 1.54) is 16.7 Å². The van der Waals surface area contributed by atoms with Crippen molar-refractivity contribution >= 4 is 5.57 Å². The zero-order valence-electron chi connectivity index (χ0n) is 15.8. The first-order valence-corrected chi connectivity index (χ1v) is 9.74. The number of rotatable bonds is 6. The van der Waals surface area contributed by atoms with Crippen molar-refractivity contribution in [2.24, 2.45) is 0 Å². The second-order valence-corrected chi connectivity index (χ2v) is 7.19. The van der Waals surface area contributed by atoms with Gasteiger partial charge in [0.2, 0.25) is 0 Å². The van der Waals surface area contributed by atoms with Gasteiger partial charge in [0.25, 0.3) is 0 Å². The molecule has 28 heavy (non-hydrogen) atoms. The molecule has 0 amide bonds. The van der Waals surface area contributed by atoms with Crippen molar-refractivity contribution in [1.29, 1.82) is 0 Å². The van der Waals surface area contributed by atoms with E-state index in [-0.39, 0.29) is 11.5 Å². The van der Waals surface area contributed by atoms with Gasteiger partial charge in [-0.05, 0) is 77.8 Å². The minimum absolute atomic E-state index is 0.262. The van der Waals surface area contributed by atoms with E-state index in [1.54, 1.807) is 24.3 Å². The topological polar surface area (TPSA) is 40.5 Å². The lowest BCUT2D eigenvalue weighted by Gasteiger charge is -2.19.